The first kappa shape index (κ1) is 5.81. The van der Waals surface area contributed by atoms with Gasteiger partial charge in [0, 0.05) is 0 Å². The van der Waals surface area contributed by atoms with E-state index < -0.39 is 18.7 Å². The van der Waals surface area contributed by atoms with Gasteiger partial charge in [-0.3, -0.25) is 14.4 Å². The molecular weight excluding hydrogens is 127 g/mol. The van der Waals surface area contributed by atoms with Crippen molar-refractivity contribution in [3.05, 3.63) is 0 Å². The SMILES string of the molecule is O=COB1C(=O)OC1=O. The molecule has 5 nitrogen and oxygen atoms in total. The molecule has 0 spiro atoms. The molecule has 0 bridgehead atoms. The molecule has 1 heterocycles. The quantitative estimate of drug-likeness (QED) is 0.287. The highest BCUT2D eigenvalue weighted by Gasteiger charge is 2.52. The maximum absolute atomic E-state index is 10.1. The molecule has 1 saturated heterocycles. The minimum atomic E-state index is -1.30. The van der Waals surface area contributed by atoms with Gasteiger partial charge in [0.2, 0.25) is 0 Å². The number of ether oxygens (including phenoxy) is 1. The molecular formula is C3HBO5. The number of rotatable bonds is 2. The van der Waals surface area contributed by atoms with Gasteiger partial charge < -0.3 is 9.39 Å². The zero-order valence-corrected chi connectivity index (χ0v) is 4.20. The summed E-state index contributed by atoms with van der Waals surface area (Å²) in [7, 11) is 0. The van der Waals surface area contributed by atoms with Crippen LogP contribution < -0.4 is 0 Å². The van der Waals surface area contributed by atoms with Crippen molar-refractivity contribution in [1.29, 1.82) is 0 Å². The largest absolute Gasteiger partial charge is 0.610 e. The zero-order valence-electron chi connectivity index (χ0n) is 4.20. The van der Waals surface area contributed by atoms with Crippen molar-refractivity contribution >= 4 is 25.1 Å². The maximum Gasteiger partial charge on any atom is 0.610 e. The molecule has 0 radical (unpaired) electrons. The monoisotopic (exact) mass is 128 g/mol. The van der Waals surface area contributed by atoms with Gasteiger partial charge in [0.15, 0.2) is 0 Å². The van der Waals surface area contributed by atoms with E-state index in [0.717, 1.165) is 0 Å². The molecule has 0 aliphatic carbocycles. The number of carbonyl (C=O) groups excluding carboxylic acids is 3. The van der Waals surface area contributed by atoms with E-state index in [-0.39, 0.29) is 6.47 Å². The highest BCUT2D eigenvalue weighted by Crippen LogP contribution is 2.07. The van der Waals surface area contributed by atoms with Gasteiger partial charge in [-0.05, 0) is 0 Å². The van der Waals surface area contributed by atoms with Crippen LogP contribution in [0.15, 0.2) is 0 Å². The van der Waals surface area contributed by atoms with Crippen LogP contribution in [0.2, 0.25) is 0 Å². The second-order valence-electron chi connectivity index (χ2n) is 1.35. The highest BCUT2D eigenvalue weighted by molar-refractivity contribution is 7.11. The van der Waals surface area contributed by atoms with Gasteiger partial charge >= 0.3 is 18.7 Å². The fourth-order valence-corrected chi connectivity index (χ4v) is 0.411. The number of hydrogen-bond donors (Lipinski definition) is 0. The predicted molar refractivity (Wildman–Crippen MR) is 24.8 cm³/mol. The first-order chi connectivity index (χ1) is 4.25. The van der Waals surface area contributed by atoms with Crippen LogP contribution in [-0.4, -0.2) is 25.1 Å². The molecule has 0 unspecified atom stereocenters. The van der Waals surface area contributed by atoms with E-state index in [1.54, 1.807) is 0 Å². The minimum Gasteiger partial charge on any atom is -0.518 e. The third kappa shape index (κ3) is 0.780. The average Bonchev–Trinajstić information content (AvgIpc) is 1.84. The molecule has 0 atom stereocenters. The molecule has 0 N–H and O–H groups in total. The molecule has 0 aromatic rings. The van der Waals surface area contributed by atoms with Crippen molar-refractivity contribution in [2.75, 3.05) is 0 Å². The Labute approximate surface area is 50.0 Å². The number of hydrogen-bond acceptors (Lipinski definition) is 5. The lowest BCUT2D eigenvalue weighted by atomic mass is 9.64. The summed E-state index contributed by atoms with van der Waals surface area (Å²) in [5, 5.41) is 0. The summed E-state index contributed by atoms with van der Waals surface area (Å²) in [4.78, 5) is 29.7. The lowest BCUT2D eigenvalue weighted by molar-refractivity contribution is -0.121. The third-order valence-electron chi connectivity index (χ3n) is 0.821. The van der Waals surface area contributed by atoms with Crippen molar-refractivity contribution in [2.45, 2.75) is 0 Å². The Morgan fingerprint density at radius 3 is 2.22 bits per heavy atom. The van der Waals surface area contributed by atoms with Gasteiger partial charge in [0.1, 0.15) is 0 Å². The molecule has 9 heavy (non-hydrogen) atoms. The van der Waals surface area contributed by atoms with Gasteiger partial charge in [-0.15, -0.1) is 0 Å². The van der Waals surface area contributed by atoms with E-state index in [2.05, 4.69) is 9.39 Å². The Bertz CT molecular complexity index is 161. The van der Waals surface area contributed by atoms with E-state index in [4.69, 9.17) is 0 Å². The lowest BCUT2D eigenvalue weighted by Crippen LogP contribution is -2.51. The number of cyclic esters (lactones) is 2. The van der Waals surface area contributed by atoms with E-state index in [0.29, 0.717) is 0 Å². The molecule has 1 fully saturated rings. The molecule has 1 aliphatic rings. The highest BCUT2D eigenvalue weighted by atomic mass is 16.6. The Balaban J connectivity index is 2.48. The normalized spacial score (nSPS) is 16.2. The maximum atomic E-state index is 10.1. The Kier molecular flexibility index (Phi) is 1.22. The van der Waals surface area contributed by atoms with Crippen LogP contribution in [0.4, 0.5) is 9.59 Å². The summed E-state index contributed by atoms with van der Waals surface area (Å²) in [6.07, 6.45) is 0. The molecule has 0 aromatic carbocycles. The van der Waals surface area contributed by atoms with Crippen LogP contribution in [-0.2, 0) is 14.2 Å². The minimum absolute atomic E-state index is 0.0307. The molecule has 1 aliphatic heterocycles. The van der Waals surface area contributed by atoms with Gasteiger partial charge in [0.25, 0.3) is 6.47 Å². The molecule has 1 rings (SSSR count). The van der Waals surface area contributed by atoms with Crippen LogP contribution in [0.1, 0.15) is 0 Å². The summed E-state index contributed by atoms with van der Waals surface area (Å²) in [6, 6.07) is 0. The van der Waals surface area contributed by atoms with Crippen molar-refractivity contribution < 1.29 is 23.8 Å². The number of carbonyl (C=O) groups is 3. The van der Waals surface area contributed by atoms with Crippen molar-refractivity contribution in [2.24, 2.45) is 0 Å². The Morgan fingerprint density at radius 2 is 2.00 bits per heavy atom. The van der Waals surface area contributed by atoms with Crippen LogP contribution in [0, 0.1) is 0 Å². The summed E-state index contributed by atoms with van der Waals surface area (Å²) in [5.74, 6) is -1.63. The summed E-state index contributed by atoms with van der Waals surface area (Å²) in [5.41, 5.74) is 0. The van der Waals surface area contributed by atoms with Gasteiger partial charge in [0.05, 0.1) is 0 Å². The van der Waals surface area contributed by atoms with E-state index in [1.807, 2.05) is 0 Å². The average molecular weight is 128 g/mol. The smallest absolute Gasteiger partial charge is 0.518 e. The van der Waals surface area contributed by atoms with Gasteiger partial charge in [-0.2, -0.15) is 0 Å². The van der Waals surface area contributed by atoms with Crippen molar-refractivity contribution in [1.82, 2.24) is 0 Å². The summed E-state index contributed by atoms with van der Waals surface area (Å²) >= 11 is 0. The molecule has 0 saturated carbocycles. The topological polar surface area (TPSA) is 69.7 Å². The summed E-state index contributed by atoms with van der Waals surface area (Å²) in [6.45, 7) is -1.27. The zero-order chi connectivity index (χ0) is 6.85. The van der Waals surface area contributed by atoms with Gasteiger partial charge in [-0.25, -0.2) is 0 Å². The summed E-state index contributed by atoms with van der Waals surface area (Å²) < 4.78 is 7.84. The predicted octanol–water partition coefficient (Wildman–Crippen LogP) is -0.415. The first-order valence-electron chi connectivity index (χ1n) is 2.10. The van der Waals surface area contributed by atoms with Crippen LogP contribution in [0.5, 0.6) is 0 Å². The first-order valence-corrected chi connectivity index (χ1v) is 2.10. The van der Waals surface area contributed by atoms with Crippen LogP contribution in [0.3, 0.4) is 0 Å². The van der Waals surface area contributed by atoms with Crippen molar-refractivity contribution in [3.63, 3.8) is 0 Å². The van der Waals surface area contributed by atoms with E-state index >= 15 is 0 Å². The second-order valence-corrected chi connectivity index (χ2v) is 1.35. The molecule has 46 valence electrons. The molecule has 0 aromatic heterocycles. The van der Waals surface area contributed by atoms with Crippen LogP contribution in [0.25, 0.3) is 0 Å². The fraction of sp³-hybridized carbons (Fsp3) is 0. The Morgan fingerprint density at radius 1 is 1.44 bits per heavy atom. The third-order valence-corrected chi connectivity index (χ3v) is 0.821. The lowest BCUT2D eigenvalue weighted by Gasteiger charge is -2.14. The van der Waals surface area contributed by atoms with Gasteiger partial charge in [-0.1, -0.05) is 0 Å². The van der Waals surface area contributed by atoms with E-state index in [1.165, 1.54) is 0 Å². The molecule has 6 heteroatoms. The van der Waals surface area contributed by atoms with Crippen molar-refractivity contribution in [3.8, 4) is 0 Å². The second kappa shape index (κ2) is 1.89. The van der Waals surface area contributed by atoms with Crippen LogP contribution >= 0.6 is 0 Å². The fourth-order valence-electron chi connectivity index (χ4n) is 0.411. The molecule has 0 amide bonds. The van der Waals surface area contributed by atoms with E-state index in [9.17, 15) is 14.4 Å². The Hall–Kier alpha value is -1.33. The standard InChI is InChI=1S/C3HBO5/c5-1-8-4-2(6)9-3(4)7/h1H.